The minimum Gasteiger partial charge on any atom is -0.377 e. The molecule has 0 aromatic carbocycles. The average Bonchev–Trinajstić information content (AvgIpc) is 2.99. The van der Waals surface area contributed by atoms with Crippen molar-refractivity contribution in [2.45, 2.75) is 38.1 Å². The largest absolute Gasteiger partial charge is 0.377 e. The molecule has 0 spiro atoms. The van der Waals surface area contributed by atoms with Gasteiger partial charge in [-0.2, -0.15) is 0 Å². The number of pyridine rings is 1. The van der Waals surface area contributed by atoms with Crippen molar-refractivity contribution in [1.29, 1.82) is 0 Å². The van der Waals surface area contributed by atoms with E-state index in [0.717, 1.165) is 43.7 Å². The lowest BCUT2D eigenvalue weighted by Crippen LogP contribution is -2.54. The zero-order valence-electron chi connectivity index (χ0n) is 13.9. The van der Waals surface area contributed by atoms with E-state index in [9.17, 15) is 5.11 Å². The number of aliphatic hydroxyl groups is 1. The van der Waals surface area contributed by atoms with Gasteiger partial charge in [-0.3, -0.25) is 5.32 Å². The van der Waals surface area contributed by atoms with Crippen LogP contribution in [0.2, 0.25) is 0 Å². The quantitative estimate of drug-likeness (QED) is 0.757. The zero-order chi connectivity index (χ0) is 16.5. The number of aliphatic hydroxyl groups excluding tert-OH is 1. The van der Waals surface area contributed by atoms with Gasteiger partial charge in [-0.05, 0) is 31.4 Å². The van der Waals surface area contributed by atoms with Crippen molar-refractivity contribution >= 4 is 16.9 Å². The summed E-state index contributed by atoms with van der Waals surface area (Å²) in [5, 5.41) is 16.7. The Morgan fingerprint density at radius 3 is 2.88 bits per heavy atom. The van der Waals surface area contributed by atoms with E-state index in [1.165, 1.54) is 0 Å². The van der Waals surface area contributed by atoms with E-state index in [2.05, 4.69) is 37.4 Å². The van der Waals surface area contributed by atoms with Crippen LogP contribution in [0.3, 0.4) is 0 Å². The Bertz CT molecular complexity index is 705. The summed E-state index contributed by atoms with van der Waals surface area (Å²) in [7, 11) is 0. The predicted octanol–water partition coefficient (Wildman–Crippen LogP) is 0.510. The average molecular weight is 328 g/mol. The van der Waals surface area contributed by atoms with Crippen molar-refractivity contribution in [3.8, 4) is 0 Å². The van der Waals surface area contributed by atoms with E-state index in [1.54, 1.807) is 18.6 Å². The van der Waals surface area contributed by atoms with E-state index in [1.807, 2.05) is 6.07 Å². The number of hydrogen-bond acceptors (Lipinski definition) is 7. The molecule has 4 heterocycles. The first-order valence-corrected chi connectivity index (χ1v) is 8.69. The number of fused-ring (bicyclic) bond motifs is 1. The van der Waals surface area contributed by atoms with Crippen molar-refractivity contribution < 1.29 is 5.11 Å². The summed E-state index contributed by atoms with van der Waals surface area (Å²) in [4.78, 5) is 15.5. The number of hydrogen-bond donors (Lipinski definition) is 3. The lowest BCUT2D eigenvalue weighted by atomic mass is 9.94. The van der Waals surface area contributed by atoms with Gasteiger partial charge in [-0.15, -0.1) is 0 Å². The van der Waals surface area contributed by atoms with Gasteiger partial charge in [0.15, 0.2) is 5.65 Å². The number of aromatic nitrogens is 3. The normalized spacial score (nSPS) is 30.8. The molecule has 0 aliphatic carbocycles. The Balaban J connectivity index is 1.56. The molecule has 2 unspecified atom stereocenters. The van der Waals surface area contributed by atoms with E-state index < -0.39 is 6.23 Å². The first-order valence-electron chi connectivity index (χ1n) is 8.69. The first kappa shape index (κ1) is 15.7. The molecule has 2 aromatic heterocycles. The molecule has 7 heteroatoms. The molecule has 2 aromatic rings. The van der Waals surface area contributed by atoms with Gasteiger partial charge in [-0.25, -0.2) is 15.0 Å². The number of piperidine rings is 1. The molecule has 24 heavy (non-hydrogen) atoms. The third kappa shape index (κ3) is 3.07. The SMILES string of the molecule is C[C@H]1C[C@@H](NC2CCNC2O)CN(c2ccnc3nccnc23)C1. The molecule has 128 valence electrons. The summed E-state index contributed by atoms with van der Waals surface area (Å²) in [6, 6.07) is 2.52. The fourth-order valence-electron chi connectivity index (χ4n) is 3.95. The summed E-state index contributed by atoms with van der Waals surface area (Å²) in [5.74, 6) is 0.572. The fourth-order valence-corrected chi connectivity index (χ4v) is 3.95. The highest BCUT2D eigenvalue weighted by atomic mass is 16.3. The topological polar surface area (TPSA) is 86.2 Å². The zero-order valence-corrected chi connectivity index (χ0v) is 13.9. The number of anilines is 1. The van der Waals surface area contributed by atoms with E-state index in [4.69, 9.17) is 0 Å². The fraction of sp³-hybridized carbons (Fsp3) is 0.588. The molecule has 0 saturated carbocycles. The number of rotatable bonds is 3. The number of nitrogens with one attached hydrogen (secondary N) is 2. The van der Waals surface area contributed by atoms with Crippen LogP contribution < -0.4 is 15.5 Å². The predicted molar refractivity (Wildman–Crippen MR) is 92.7 cm³/mol. The third-order valence-corrected chi connectivity index (χ3v) is 4.99. The van der Waals surface area contributed by atoms with Crippen LogP contribution in [0.4, 0.5) is 5.69 Å². The molecule has 2 fully saturated rings. The Labute approximate surface area is 141 Å². The maximum Gasteiger partial charge on any atom is 0.180 e. The van der Waals surface area contributed by atoms with Crippen LogP contribution in [0, 0.1) is 5.92 Å². The molecule has 4 atom stereocenters. The van der Waals surface area contributed by atoms with Crippen molar-refractivity contribution in [1.82, 2.24) is 25.6 Å². The van der Waals surface area contributed by atoms with Crippen LogP contribution in [0.5, 0.6) is 0 Å². The van der Waals surface area contributed by atoms with Gasteiger partial charge < -0.3 is 15.3 Å². The lowest BCUT2D eigenvalue weighted by Gasteiger charge is -2.39. The van der Waals surface area contributed by atoms with Crippen molar-refractivity contribution in [3.63, 3.8) is 0 Å². The summed E-state index contributed by atoms with van der Waals surface area (Å²) in [6.07, 6.45) is 6.85. The molecular weight excluding hydrogens is 304 g/mol. The Morgan fingerprint density at radius 1 is 1.21 bits per heavy atom. The summed E-state index contributed by atoms with van der Waals surface area (Å²) in [6.45, 7) is 5.05. The third-order valence-electron chi connectivity index (χ3n) is 4.99. The van der Waals surface area contributed by atoms with Crippen molar-refractivity contribution in [2.75, 3.05) is 24.5 Å². The molecule has 2 aliphatic heterocycles. The molecule has 2 aliphatic rings. The van der Waals surface area contributed by atoms with Crippen LogP contribution in [0.15, 0.2) is 24.7 Å². The van der Waals surface area contributed by atoms with Crippen LogP contribution >= 0.6 is 0 Å². The minimum atomic E-state index is -0.441. The first-order chi connectivity index (χ1) is 11.7. The van der Waals surface area contributed by atoms with Gasteiger partial charge in [0.25, 0.3) is 0 Å². The van der Waals surface area contributed by atoms with Crippen molar-refractivity contribution in [3.05, 3.63) is 24.7 Å². The number of nitrogens with zero attached hydrogens (tertiary/aromatic N) is 4. The van der Waals surface area contributed by atoms with Crippen LogP contribution in [0.25, 0.3) is 11.2 Å². The second-order valence-corrected chi connectivity index (χ2v) is 6.96. The highest BCUT2D eigenvalue weighted by Crippen LogP contribution is 2.27. The second kappa shape index (κ2) is 6.58. The van der Waals surface area contributed by atoms with E-state index >= 15 is 0 Å². The van der Waals surface area contributed by atoms with Crippen LogP contribution in [-0.2, 0) is 0 Å². The van der Waals surface area contributed by atoms with Gasteiger partial charge in [-0.1, -0.05) is 6.92 Å². The summed E-state index contributed by atoms with van der Waals surface area (Å²) in [5.41, 5.74) is 2.64. The van der Waals surface area contributed by atoms with Crippen LogP contribution in [0.1, 0.15) is 19.8 Å². The Kier molecular flexibility index (Phi) is 4.30. The molecule has 4 rings (SSSR count). The summed E-state index contributed by atoms with van der Waals surface area (Å²) >= 11 is 0. The van der Waals surface area contributed by atoms with Gasteiger partial charge in [0.05, 0.1) is 5.69 Å². The molecule has 0 amide bonds. The monoisotopic (exact) mass is 328 g/mol. The maximum atomic E-state index is 10.00. The van der Waals surface area contributed by atoms with Gasteiger partial charge >= 0.3 is 0 Å². The van der Waals surface area contributed by atoms with Crippen LogP contribution in [-0.4, -0.2) is 58.0 Å². The standard InChI is InChI=1S/C17H24N6O/c1-11-8-12(22-13-2-4-21-17(13)24)10-23(9-11)14-3-5-19-16-15(14)18-6-7-20-16/h3,5-7,11-13,17,21-22,24H,2,4,8-10H2,1H3/t11-,12+,13?,17?/m0/s1. The molecule has 0 radical (unpaired) electrons. The maximum absolute atomic E-state index is 10.00. The summed E-state index contributed by atoms with van der Waals surface area (Å²) < 4.78 is 0. The van der Waals surface area contributed by atoms with Crippen molar-refractivity contribution in [2.24, 2.45) is 5.92 Å². The Hall–Kier alpha value is -1.83. The Morgan fingerprint density at radius 2 is 2.04 bits per heavy atom. The molecule has 2 saturated heterocycles. The molecule has 0 bridgehead atoms. The molecule has 3 N–H and O–H groups in total. The highest BCUT2D eigenvalue weighted by Gasteiger charge is 2.31. The van der Waals surface area contributed by atoms with Gasteiger partial charge in [0.1, 0.15) is 11.7 Å². The second-order valence-electron chi connectivity index (χ2n) is 6.96. The smallest absolute Gasteiger partial charge is 0.180 e. The highest BCUT2D eigenvalue weighted by molar-refractivity contribution is 5.85. The lowest BCUT2D eigenvalue weighted by molar-refractivity contribution is 0.119. The van der Waals surface area contributed by atoms with E-state index in [-0.39, 0.29) is 6.04 Å². The molecule has 7 nitrogen and oxygen atoms in total. The minimum absolute atomic E-state index is 0.135. The van der Waals surface area contributed by atoms with Gasteiger partial charge in [0, 0.05) is 43.8 Å². The molecular formula is C17H24N6O. The van der Waals surface area contributed by atoms with Gasteiger partial charge in [0.2, 0.25) is 0 Å². The van der Waals surface area contributed by atoms with E-state index in [0.29, 0.717) is 17.6 Å².